The van der Waals surface area contributed by atoms with E-state index in [1.54, 1.807) is 10.7 Å². The second-order valence-corrected chi connectivity index (χ2v) is 4.38. The lowest BCUT2D eigenvalue weighted by Gasteiger charge is -2.06. The Labute approximate surface area is 120 Å². The number of carbonyl (C=O) groups is 1. The van der Waals surface area contributed by atoms with E-state index >= 15 is 0 Å². The average Bonchev–Trinajstić information content (AvgIpc) is 2.79. The molecule has 2 aromatic rings. The lowest BCUT2D eigenvalue weighted by atomic mass is 10.3. The highest BCUT2D eigenvalue weighted by Crippen LogP contribution is 2.16. The summed E-state index contributed by atoms with van der Waals surface area (Å²) in [5, 5.41) is 6.97. The number of rotatable bonds is 4. The summed E-state index contributed by atoms with van der Waals surface area (Å²) >= 11 is 5.82. The maximum absolute atomic E-state index is 12.2. The highest BCUT2D eigenvalue weighted by Gasteiger charge is 2.15. The van der Waals surface area contributed by atoms with Gasteiger partial charge in [-0.1, -0.05) is 11.6 Å². The Morgan fingerprint density at radius 3 is 2.85 bits per heavy atom. The first-order valence-electron chi connectivity index (χ1n) is 5.98. The largest absolute Gasteiger partial charge is 0.481 e. The zero-order valence-corrected chi connectivity index (χ0v) is 12.1. The van der Waals surface area contributed by atoms with Crippen LogP contribution in [-0.4, -0.2) is 32.8 Å². The lowest BCUT2D eigenvalue weighted by Crippen LogP contribution is -2.19. The van der Waals surface area contributed by atoms with Crippen LogP contribution in [-0.2, 0) is 6.54 Å². The summed E-state index contributed by atoms with van der Waals surface area (Å²) in [5.74, 6) is 0.0121. The monoisotopic (exact) mass is 295 g/mol. The van der Waals surface area contributed by atoms with Crippen LogP contribution in [0.2, 0.25) is 5.15 Å². The van der Waals surface area contributed by atoms with Crippen molar-refractivity contribution in [3.05, 3.63) is 28.7 Å². The van der Waals surface area contributed by atoms with Crippen LogP contribution < -0.4 is 10.1 Å². The number of nitrogens with one attached hydrogen (secondary N) is 1. The number of nitrogens with zero attached hydrogens (tertiary/aromatic N) is 4. The fourth-order valence-electron chi connectivity index (χ4n) is 1.69. The van der Waals surface area contributed by atoms with Gasteiger partial charge in [0.25, 0.3) is 5.91 Å². The summed E-state index contributed by atoms with van der Waals surface area (Å²) in [4.78, 5) is 20.1. The van der Waals surface area contributed by atoms with Gasteiger partial charge in [-0.15, -0.1) is 0 Å². The van der Waals surface area contributed by atoms with Crippen LogP contribution in [0.1, 0.15) is 23.1 Å². The van der Waals surface area contributed by atoms with Gasteiger partial charge < -0.3 is 4.74 Å². The Balaban J connectivity index is 2.25. The molecular formula is C12H14ClN5O2. The van der Waals surface area contributed by atoms with E-state index in [4.69, 9.17) is 16.3 Å². The molecule has 1 amide bonds. The highest BCUT2D eigenvalue weighted by atomic mass is 35.5. The van der Waals surface area contributed by atoms with Gasteiger partial charge in [-0.2, -0.15) is 10.1 Å². The summed E-state index contributed by atoms with van der Waals surface area (Å²) in [6.07, 6.45) is 0. The molecule has 0 spiro atoms. The van der Waals surface area contributed by atoms with Crippen LogP contribution in [0.4, 0.5) is 5.95 Å². The molecule has 20 heavy (non-hydrogen) atoms. The summed E-state index contributed by atoms with van der Waals surface area (Å²) in [6, 6.07) is 3.15. The first-order chi connectivity index (χ1) is 9.53. The molecule has 0 bridgehead atoms. The van der Waals surface area contributed by atoms with E-state index in [0.29, 0.717) is 12.2 Å². The van der Waals surface area contributed by atoms with E-state index in [-0.39, 0.29) is 22.9 Å². The van der Waals surface area contributed by atoms with Crippen molar-refractivity contribution in [2.24, 2.45) is 0 Å². The van der Waals surface area contributed by atoms with Gasteiger partial charge in [0.15, 0.2) is 0 Å². The number of anilines is 1. The van der Waals surface area contributed by atoms with Crippen LogP contribution in [0.25, 0.3) is 0 Å². The van der Waals surface area contributed by atoms with Crippen LogP contribution in [0.15, 0.2) is 12.1 Å². The third-order valence-electron chi connectivity index (χ3n) is 2.54. The third kappa shape index (κ3) is 3.05. The normalized spacial score (nSPS) is 10.4. The van der Waals surface area contributed by atoms with Crippen molar-refractivity contribution in [3.63, 3.8) is 0 Å². The zero-order chi connectivity index (χ0) is 14.7. The molecule has 0 aromatic carbocycles. The summed E-state index contributed by atoms with van der Waals surface area (Å²) < 4.78 is 6.57. The first kappa shape index (κ1) is 14.3. The maximum atomic E-state index is 12.2. The molecule has 0 saturated heterocycles. The van der Waals surface area contributed by atoms with Gasteiger partial charge in [0.2, 0.25) is 11.8 Å². The number of hydrogen-bond donors (Lipinski definition) is 1. The second kappa shape index (κ2) is 5.87. The van der Waals surface area contributed by atoms with E-state index < -0.39 is 0 Å². The van der Waals surface area contributed by atoms with Crippen molar-refractivity contribution in [3.8, 4) is 5.88 Å². The molecule has 0 fully saturated rings. The standard InChI is InChI=1S/C12H14ClN5O2/c1-4-18-8(5-7(2)17-18)11(19)16-12-14-9(13)6-10(15-12)20-3/h5-6H,4H2,1-3H3,(H,14,15,16,19). The van der Waals surface area contributed by atoms with Crippen LogP contribution in [0.3, 0.4) is 0 Å². The van der Waals surface area contributed by atoms with Crippen molar-refractivity contribution >= 4 is 23.5 Å². The minimum atomic E-state index is -0.350. The Kier molecular flexibility index (Phi) is 4.19. The van der Waals surface area contributed by atoms with Gasteiger partial charge in [-0.3, -0.25) is 14.8 Å². The molecule has 0 aliphatic rings. The Morgan fingerprint density at radius 1 is 1.45 bits per heavy atom. The van der Waals surface area contributed by atoms with Crippen molar-refractivity contribution in [2.45, 2.75) is 20.4 Å². The van der Waals surface area contributed by atoms with Gasteiger partial charge in [0, 0.05) is 12.6 Å². The van der Waals surface area contributed by atoms with Gasteiger partial charge in [0.05, 0.1) is 12.8 Å². The molecule has 7 nitrogen and oxygen atoms in total. The third-order valence-corrected chi connectivity index (χ3v) is 2.73. The molecule has 2 heterocycles. The number of methoxy groups -OCH3 is 1. The van der Waals surface area contributed by atoms with E-state index in [1.807, 2.05) is 13.8 Å². The van der Waals surface area contributed by atoms with Gasteiger partial charge in [-0.25, -0.2) is 4.98 Å². The number of halogens is 1. The lowest BCUT2D eigenvalue weighted by molar-refractivity contribution is 0.101. The smallest absolute Gasteiger partial charge is 0.276 e. The Morgan fingerprint density at radius 2 is 2.20 bits per heavy atom. The predicted octanol–water partition coefficient (Wildman–Crippen LogP) is 1.92. The molecule has 2 rings (SSSR count). The fraction of sp³-hybridized carbons (Fsp3) is 0.333. The molecule has 106 valence electrons. The molecule has 0 atom stereocenters. The minimum absolute atomic E-state index is 0.0841. The highest BCUT2D eigenvalue weighted by molar-refractivity contribution is 6.29. The van der Waals surface area contributed by atoms with E-state index in [9.17, 15) is 4.79 Å². The molecule has 1 N–H and O–H groups in total. The number of aromatic nitrogens is 4. The van der Waals surface area contributed by atoms with Gasteiger partial charge in [-0.05, 0) is 19.9 Å². The summed E-state index contributed by atoms with van der Waals surface area (Å²) in [7, 11) is 1.46. The Bertz CT molecular complexity index is 641. The van der Waals surface area contributed by atoms with Gasteiger partial charge in [0.1, 0.15) is 10.8 Å². The summed E-state index contributed by atoms with van der Waals surface area (Å²) in [6.45, 7) is 4.32. The van der Waals surface area contributed by atoms with E-state index in [1.165, 1.54) is 13.2 Å². The number of aryl methyl sites for hydroxylation is 2. The minimum Gasteiger partial charge on any atom is -0.481 e. The molecule has 8 heteroatoms. The van der Waals surface area contributed by atoms with Crippen molar-refractivity contribution in [1.29, 1.82) is 0 Å². The summed E-state index contributed by atoms with van der Waals surface area (Å²) in [5.41, 5.74) is 1.20. The molecule has 0 saturated carbocycles. The van der Waals surface area contributed by atoms with E-state index in [0.717, 1.165) is 5.69 Å². The van der Waals surface area contributed by atoms with Crippen molar-refractivity contribution < 1.29 is 9.53 Å². The quantitative estimate of drug-likeness (QED) is 0.871. The first-order valence-corrected chi connectivity index (χ1v) is 6.35. The molecule has 0 aliphatic heterocycles. The molecule has 0 aliphatic carbocycles. The molecule has 2 aromatic heterocycles. The molecule has 0 unspecified atom stereocenters. The fourth-order valence-corrected chi connectivity index (χ4v) is 1.87. The van der Waals surface area contributed by atoms with Crippen molar-refractivity contribution in [1.82, 2.24) is 19.7 Å². The number of ether oxygens (including phenoxy) is 1. The topological polar surface area (TPSA) is 81.9 Å². The van der Waals surface area contributed by atoms with Crippen molar-refractivity contribution in [2.75, 3.05) is 12.4 Å². The van der Waals surface area contributed by atoms with Crippen LogP contribution >= 0.6 is 11.6 Å². The number of carbonyl (C=O) groups excluding carboxylic acids is 1. The average molecular weight is 296 g/mol. The SMILES string of the molecule is CCn1nc(C)cc1C(=O)Nc1nc(Cl)cc(OC)n1. The number of amides is 1. The maximum Gasteiger partial charge on any atom is 0.276 e. The molecule has 0 radical (unpaired) electrons. The van der Waals surface area contributed by atoms with E-state index in [2.05, 4.69) is 20.4 Å². The van der Waals surface area contributed by atoms with Crippen LogP contribution in [0, 0.1) is 6.92 Å². The zero-order valence-electron chi connectivity index (χ0n) is 11.3. The van der Waals surface area contributed by atoms with Gasteiger partial charge >= 0.3 is 0 Å². The predicted molar refractivity (Wildman–Crippen MR) is 74.2 cm³/mol. The van der Waals surface area contributed by atoms with Crippen LogP contribution in [0.5, 0.6) is 5.88 Å². The molecular weight excluding hydrogens is 282 g/mol. The Hall–Kier alpha value is -2.15. The number of hydrogen-bond acceptors (Lipinski definition) is 5. The second-order valence-electron chi connectivity index (χ2n) is 4.00.